The fourth-order valence-corrected chi connectivity index (χ4v) is 2.47. The summed E-state index contributed by atoms with van der Waals surface area (Å²) in [6.07, 6.45) is 3.60. The Morgan fingerprint density at radius 2 is 2.42 bits per heavy atom. The van der Waals surface area contributed by atoms with Gasteiger partial charge >= 0.3 is 0 Å². The molecule has 8 heteroatoms. The van der Waals surface area contributed by atoms with E-state index < -0.39 is 10.0 Å². The van der Waals surface area contributed by atoms with Gasteiger partial charge in [-0.05, 0) is 12.0 Å². The van der Waals surface area contributed by atoms with Crippen molar-refractivity contribution in [3.05, 3.63) is 17.5 Å². The summed E-state index contributed by atoms with van der Waals surface area (Å²) in [6.45, 7) is 2.07. The van der Waals surface area contributed by atoms with E-state index in [1.165, 1.54) is 0 Å². The molecule has 0 bridgehead atoms. The van der Waals surface area contributed by atoms with Crippen molar-refractivity contribution < 1.29 is 17.9 Å². The normalized spacial score (nSPS) is 19.4. The molecule has 1 aromatic rings. The van der Waals surface area contributed by atoms with Gasteiger partial charge < -0.3 is 9.47 Å². The second kappa shape index (κ2) is 6.00. The van der Waals surface area contributed by atoms with E-state index in [1.54, 1.807) is 7.11 Å². The van der Waals surface area contributed by atoms with Gasteiger partial charge in [-0.2, -0.15) is 5.10 Å². The summed E-state index contributed by atoms with van der Waals surface area (Å²) < 4.78 is 37.1. The molecule has 1 N–H and O–H groups in total. The Hall–Kier alpha value is -0.960. The van der Waals surface area contributed by atoms with E-state index in [2.05, 4.69) is 9.82 Å². The number of sulfonamides is 1. The first-order valence-electron chi connectivity index (χ1n) is 6.11. The van der Waals surface area contributed by atoms with E-state index in [1.807, 2.05) is 10.9 Å². The van der Waals surface area contributed by atoms with E-state index in [0.717, 1.165) is 23.9 Å². The molecule has 0 fully saturated rings. The first-order chi connectivity index (χ1) is 8.99. The van der Waals surface area contributed by atoms with Gasteiger partial charge in [0.25, 0.3) is 0 Å². The molecule has 0 aliphatic carbocycles. The lowest BCUT2D eigenvalue weighted by molar-refractivity contribution is 0.0429. The van der Waals surface area contributed by atoms with Gasteiger partial charge in [0.1, 0.15) is 6.10 Å². The fraction of sp³-hybridized carbons (Fsp3) is 0.727. The van der Waals surface area contributed by atoms with E-state index in [4.69, 9.17) is 9.47 Å². The lowest BCUT2D eigenvalue weighted by Crippen LogP contribution is -2.31. The van der Waals surface area contributed by atoms with Crippen LogP contribution in [0.5, 0.6) is 0 Å². The Kier molecular flexibility index (Phi) is 4.56. The fourth-order valence-electron chi connectivity index (χ4n) is 2.01. The monoisotopic (exact) mass is 289 g/mol. The highest BCUT2D eigenvalue weighted by Gasteiger charge is 2.25. The predicted octanol–water partition coefficient (Wildman–Crippen LogP) is -0.307. The highest BCUT2D eigenvalue weighted by atomic mass is 32.2. The number of fused-ring (bicyclic) bond motifs is 1. The number of ether oxygens (including phenoxy) is 2. The van der Waals surface area contributed by atoms with Gasteiger partial charge in [-0.15, -0.1) is 0 Å². The molecule has 19 heavy (non-hydrogen) atoms. The summed E-state index contributed by atoms with van der Waals surface area (Å²) in [6, 6.07) is 0. The molecular weight excluding hydrogens is 270 g/mol. The van der Waals surface area contributed by atoms with Crippen molar-refractivity contribution >= 4 is 10.0 Å². The Balaban J connectivity index is 2.07. The zero-order valence-electron chi connectivity index (χ0n) is 11.1. The first kappa shape index (κ1) is 14.4. The molecule has 1 aliphatic rings. The van der Waals surface area contributed by atoms with E-state index >= 15 is 0 Å². The van der Waals surface area contributed by atoms with Crippen molar-refractivity contribution in [2.24, 2.45) is 0 Å². The van der Waals surface area contributed by atoms with Crippen LogP contribution in [0.15, 0.2) is 6.20 Å². The summed E-state index contributed by atoms with van der Waals surface area (Å²) in [5, 5.41) is 4.45. The minimum atomic E-state index is -3.22. The average Bonchev–Trinajstić information content (AvgIpc) is 2.76. The maximum atomic E-state index is 11.1. The highest BCUT2D eigenvalue weighted by Crippen LogP contribution is 2.25. The maximum Gasteiger partial charge on any atom is 0.208 e. The first-order valence-corrected chi connectivity index (χ1v) is 8.00. The number of nitrogens with zero attached hydrogens (tertiary/aromatic N) is 2. The topological polar surface area (TPSA) is 82.5 Å². The van der Waals surface area contributed by atoms with E-state index in [-0.39, 0.29) is 12.6 Å². The molecule has 0 amide bonds. The zero-order valence-corrected chi connectivity index (χ0v) is 11.9. The Labute approximate surface area is 112 Å². The van der Waals surface area contributed by atoms with Crippen molar-refractivity contribution in [3.8, 4) is 0 Å². The van der Waals surface area contributed by atoms with Gasteiger partial charge in [0.15, 0.2) is 0 Å². The summed E-state index contributed by atoms with van der Waals surface area (Å²) in [5.41, 5.74) is 1.93. The van der Waals surface area contributed by atoms with Gasteiger partial charge in [-0.25, -0.2) is 13.1 Å². The molecule has 1 atom stereocenters. The van der Waals surface area contributed by atoms with Crippen LogP contribution in [0.2, 0.25) is 0 Å². The van der Waals surface area contributed by atoms with Crippen LogP contribution in [0.25, 0.3) is 0 Å². The number of hydrogen-bond donors (Lipinski definition) is 1. The maximum absolute atomic E-state index is 11.1. The van der Waals surface area contributed by atoms with Crippen LogP contribution in [0.3, 0.4) is 0 Å². The number of rotatable bonds is 6. The van der Waals surface area contributed by atoms with Gasteiger partial charge in [-0.1, -0.05) is 0 Å². The largest absolute Gasteiger partial charge is 0.383 e. The van der Waals surface area contributed by atoms with Crippen molar-refractivity contribution in [1.29, 1.82) is 0 Å². The molecule has 1 unspecified atom stereocenters. The second-order valence-electron chi connectivity index (χ2n) is 4.53. The molecular formula is C11H19N3O4S. The molecule has 7 nitrogen and oxygen atoms in total. The molecule has 0 saturated carbocycles. The zero-order chi connectivity index (χ0) is 13.9. The number of aromatic nitrogens is 2. The summed E-state index contributed by atoms with van der Waals surface area (Å²) in [7, 11) is -1.57. The molecule has 0 spiro atoms. The third-order valence-corrected chi connectivity index (χ3v) is 3.61. The van der Waals surface area contributed by atoms with E-state index in [0.29, 0.717) is 19.8 Å². The molecule has 0 saturated heterocycles. The lowest BCUT2D eigenvalue weighted by atomic mass is 10.1. The Morgan fingerprint density at radius 3 is 3.11 bits per heavy atom. The summed E-state index contributed by atoms with van der Waals surface area (Å²) >= 11 is 0. The SMILES string of the molecule is COCCn1cc2c(n1)C(CNS(C)(=O)=O)OCC2. The van der Waals surface area contributed by atoms with Crippen LogP contribution < -0.4 is 4.72 Å². The lowest BCUT2D eigenvalue weighted by Gasteiger charge is -2.21. The molecule has 1 aromatic heterocycles. The van der Waals surface area contributed by atoms with Gasteiger partial charge in [0.05, 0.1) is 31.7 Å². The van der Waals surface area contributed by atoms with Crippen LogP contribution in [-0.4, -0.2) is 51.3 Å². The summed E-state index contributed by atoms with van der Waals surface area (Å²) in [4.78, 5) is 0. The smallest absolute Gasteiger partial charge is 0.208 e. The van der Waals surface area contributed by atoms with Crippen LogP contribution >= 0.6 is 0 Å². The predicted molar refractivity (Wildman–Crippen MR) is 69.3 cm³/mol. The van der Waals surface area contributed by atoms with Crippen molar-refractivity contribution in [2.45, 2.75) is 19.1 Å². The quantitative estimate of drug-likeness (QED) is 0.777. The standard InChI is InChI=1S/C11H19N3O4S/c1-17-6-4-14-8-9-3-5-18-10(11(9)13-14)7-12-19(2,15)16/h8,10,12H,3-7H2,1-2H3. The van der Waals surface area contributed by atoms with Gasteiger partial charge in [0.2, 0.25) is 10.0 Å². The Bertz CT molecular complexity index is 526. The van der Waals surface area contributed by atoms with Gasteiger partial charge in [-0.3, -0.25) is 4.68 Å². The molecule has 2 heterocycles. The third kappa shape index (κ3) is 4.00. The third-order valence-electron chi connectivity index (χ3n) is 2.92. The minimum Gasteiger partial charge on any atom is -0.383 e. The van der Waals surface area contributed by atoms with Crippen molar-refractivity contribution in [2.75, 3.05) is 33.1 Å². The van der Waals surface area contributed by atoms with Gasteiger partial charge in [0, 0.05) is 19.9 Å². The number of methoxy groups -OCH3 is 1. The van der Waals surface area contributed by atoms with Crippen molar-refractivity contribution in [1.82, 2.24) is 14.5 Å². The van der Waals surface area contributed by atoms with E-state index in [9.17, 15) is 8.42 Å². The van der Waals surface area contributed by atoms with Crippen molar-refractivity contribution in [3.63, 3.8) is 0 Å². The van der Waals surface area contributed by atoms with Crippen LogP contribution in [-0.2, 0) is 32.5 Å². The molecule has 1 aliphatic heterocycles. The highest BCUT2D eigenvalue weighted by molar-refractivity contribution is 7.88. The van der Waals surface area contributed by atoms with Crippen LogP contribution in [0.1, 0.15) is 17.4 Å². The van der Waals surface area contributed by atoms with Crippen LogP contribution in [0, 0.1) is 0 Å². The molecule has 2 rings (SSSR count). The number of nitrogens with one attached hydrogen (secondary N) is 1. The minimum absolute atomic E-state index is 0.215. The molecule has 108 valence electrons. The molecule has 0 aromatic carbocycles. The Morgan fingerprint density at radius 1 is 1.63 bits per heavy atom. The number of hydrogen-bond acceptors (Lipinski definition) is 5. The van der Waals surface area contributed by atoms with Crippen LogP contribution in [0.4, 0.5) is 0 Å². The molecule has 0 radical (unpaired) electrons. The summed E-state index contributed by atoms with van der Waals surface area (Å²) in [5.74, 6) is 0. The second-order valence-corrected chi connectivity index (χ2v) is 6.36. The average molecular weight is 289 g/mol.